The number of nitrogens with zero attached hydrogens (tertiary/aromatic N) is 1. The van der Waals surface area contributed by atoms with E-state index in [9.17, 15) is 38.4 Å². The van der Waals surface area contributed by atoms with Gasteiger partial charge < -0.3 is 39.8 Å². The number of ether oxygens (including phenoxy) is 2. The maximum absolute atomic E-state index is 11.7. The molecule has 0 aliphatic carbocycles. The van der Waals surface area contributed by atoms with Gasteiger partial charge in [-0.2, -0.15) is 13.2 Å². The van der Waals surface area contributed by atoms with E-state index in [1.165, 1.54) is 0 Å². The van der Waals surface area contributed by atoms with Gasteiger partial charge in [0, 0.05) is 28.0 Å². The number of likely N-dealkylation sites (N-methyl/N-ethyl adjacent to an activating group) is 1. The summed E-state index contributed by atoms with van der Waals surface area (Å²) >= 11 is 6.29. The highest BCUT2D eigenvalue weighted by Gasteiger charge is 2.58. The average Bonchev–Trinajstić information content (AvgIpc) is 3.25. The molecule has 212 valence electrons. The number of carbonyl (C=O) groups is 2. The Morgan fingerprint density at radius 1 is 1.03 bits per heavy atom. The van der Waals surface area contributed by atoms with Gasteiger partial charge in [-0.15, -0.1) is 0 Å². The second-order valence-corrected chi connectivity index (χ2v) is 9.91. The highest BCUT2D eigenvalue weighted by molar-refractivity contribution is 6.30. The van der Waals surface area contributed by atoms with Crippen molar-refractivity contribution in [3.8, 4) is 11.5 Å². The van der Waals surface area contributed by atoms with E-state index in [2.05, 4.69) is 0 Å². The molecule has 0 bridgehead atoms. The first-order chi connectivity index (χ1) is 19.4. The zero-order valence-electron chi connectivity index (χ0n) is 22.8. The lowest BCUT2D eigenvalue weighted by atomic mass is 9.84. The van der Waals surface area contributed by atoms with Gasteiger partial charge in [0.15, 0.2) is 12.2 Å². The Hall–Kier alpha value is -2.94. The number of carboxylic acids is 2. The van der Waals surface area contributed by atoms with Crippen LogP contribution in [-0.2, 0) is 14.3 Å². The topological polar surface area (TPSA) is 157 Å². The number of hydrogen-bond acceptors (Lipinski definition) is 8. The van der Waals surface area contributed by atoms with Crippen molar-refractivity contribution in [2.24, 2.45) is 0 Å². The molecule has 2 fully saturated rings. The fourth-order valence-corrected chi connectivity index (χ4v) is 5.42. The maximum atomic E-state index is 11.7. The van der Waals surface area contributed by atoms with Crippen molar-refractivity contribution >= 4 is 23.5 Å². The molecule has 8 atom stereocenters. The number of carboxylic acid groups (broad SMARTS) is 2. The summed E-state index contributed by atoms with van der Waals surface area (Å²) in [5, 5.41) is 50.3. The molecule has 2 aromatic carbocycles. The first-order valence-electron chi connectivity index (χ1n) is 13.0. The lowest BCUT2D eigenvalue weighted by Crippen LogP contribution is -2.68. The number of para-hydroxylation sites is 1. The molecule has 1 unspecified atom stereocenters. The average molecular weight is 580 g/mol. The number of fused-ring (bicyclic) bond motifs is 5. The van der Waals surface area contributed by atoms with Crippen LogP contribution >= 0.6 is 11.6 Å². The third-order valence-electron chi connectivity index (χ3n) is 6.99. The Labute approximate surface area is 229 Å². The normalized spacial score (nSPS) is 34.7. The third kappa shape index (κ3) is 5.55. The van der Waals surface area contributed by atoms with E-state index >= 15 is 0 Å². The molecule has 0 saturated carbocycles. The Kier molecular flexibility index (Phi) is 6.78. The van der Waals surface area contributed by atoms with Crippen molar-refractivity contribution < 1.29 is 66.4 Å². The number of hydrogen-bond donors (Lipinski definition) is 4. The minimum Gasteiger partial charge on any atom is -0.542 e. The highest BCUT2D eigenvalue weighted by Crippen LogP contribution is 2.53. The largest absolute Gasteiger partial charge is 0.542 e. The van der Waals surface area contributed by atoms with E-state index in [-0.39, 0.29) is 13.1 Å². The molecule has 3 aliphatic rings. The molecule has 2 aromatic rings. The van der Waals surface area contributed by atoms with Crippen LogP contribution in [0.3, 0.4) is 0 Å². The molecule has 5 rings (SSSR count). The van der Waals surface area contributed by atoms with Gasteiger partial charge in [-0.05, 0) is 24.3 Å². The molecule has 39 heavy (non-hydrogen) atoms. The summed E-state index contributed by atoms with van der Waals surface area (Å²) in [6.07, 6.45) is -14.4. The molecule has 0 aromatic heterocycles. The van der Waals surface area contributed by atoms with E-state index in [0.717, 1.165) is 5.56 Å². The van der Waals surface area contributed by atoms with Crippen molar-refractivity contribution in [2.75, 3.05) is 20.1 Å². The molecule has 14 heteroatoms. The van der Waals surface area contributed by atoms with Gasteiger partial charge in [0.1, 0.15) is 29.7 Å². The first kappa shape index (κ1) is 25.1. The van der Waals surface area contributed by atoms with Crippen LogP contribution in [0.2, 0.25) is 5.02 Å². The molecule has 3 aliphatic heterocycles. The Morgan fingerprint density at radius 2 is 1.62 bits per heavy atom. The number of rotatable bonds is 2. The summed E-state index contributed by atoms with van der Waals surface area (Å²) in [5.74, 6) is -4.35. The van der Waals surface area contributed by atoms with Crippen molar-refractivity contribution in [3.05, 3.63) is 58.6 Å². The van der Waals surface area contributed by atoms with Crippen LogP contribution in [-0.4, -0.2) is 93.7 Å². The first-order valence-corrected chi connectivity index (χ1v) is 11.9. The predicted octanol–water partition coefficient (Wildman–Crippen LogP) is 0.964. The smallest absolute Gasteiger partial charge is 0.430 e. The fraction of sp³-hybridized carbons (Fsp3) is 0.440. The van der Waals surface area contributed by atoms with Crippen LogP contribution in [0.5, 0.6) is 11.5 Å². The van der Waals surface area contributed by atoms with E-state index < -0.39 is 72.1 Å². The zero-order valence-corrected chi connectivity index (χ0v) is 20.5. The van der Waals surface area contributed by atoms with Crippen LogP contribution < -0.4 is 9.84 Å². The Balaban J connectivity index is 0.000000517. The fourth-order valence-electron chi connectivity index (χ4n) is 5.24. The number of aliphatic hydroxyl groups is 3. The second kappa shape index (κ2) is 10.6. The van der Waals surface area contributed by atoms with Gasteiger partial charge in [0.05, 0.1) is 24.2 Å². The maximum Gasteiger partial charge on any atom is 0.430 e. The number of aliphatic carboxylic acids is 2. The summed E-state index contributed by atoms with van der Waals surface area (Å²) in [5.41, 5.74) is 1.44. The van der Waals surface area contributed by atoms with Gasteiger partial charge in [-0.3, -0.25) is 4.48 Å². The number of likely N-dealkylation sites (tertiary alicyclic amines) is 1. The van der Waals surface area contributed by atoms with Gasteiger partial charge in [0.25, 0.3) is 0 Å². The molecule has 0 spiro atoms. The number of carbonyl (C=O) groups excluding carboxylic acids is 1. The van der Waals surface area contributed by atoms with E-state index in [1.807, 2.05) is 12.1 Å². The summed E-state index contributed by atoms with van der Waals surface area (Å²) in [6.45, 7) is -2.91. The number of benzene rings is 2. The highest BCUT2D eigenvalue weighted by atomic mass is 35.5. The lowest BCUT2D eigenvalue weighted by Gasteiger charge is -2.46. The van der Waals surface area contributed by atoms with E-state index in [4.69, 9.17) is 35.1 Å². The van der Waals surface area contributed by atoms with Crippen LogP contribution in [0.25, 0.3) is 0 Å². The van der Waals surface area contributed by atoms with Gasteiger partial charge in [-0.25, -0.2) is 4.79 Å². The van der Waals surface area contributed by atoms with Crippen molar-refractivity contribution in [1.29, 1.82) is 0 Å². The predicted molar refractivity (Wildman–Crippen MR) is 125 cm³/mol. The second-order valence-electron chi connectivity index (χ2n) is 9.48. The molecule has 3 heterocycles. The van der Waals surface area contributed by atoms with E-state index in [0.29, 0.717) is 22.1 Å². The SMILES string of the molecule is O=C([O-])C(F)(F)F.[2H][13C]([2H])([2H])[N+]1([C@@H]2O[C@H](C(=O)O)[C@@H](O)[C@H](O)[C@H]2O)C[C@H]2c3ccccc3Oc3ccc(Cl)cc3[C@@H]2C1. The molecule has 2 saturated heterocycles. The molecule has 0 radical (unpaired) electrons. The quantitative estimate of drug-likeness (QED) is 0.301. The summed E-state index contributed by atoms with van der Waals surface area (Å²) < 4.78 is 67.9. The molecular formula is C25H25ClF3NO9. The van der Waals surface area contributed by atoms with Gasteiger partial charge in [-0.1, -0.05) is 29.8 Å². The van der Waals surface area contributed by atoms with Crippen molar-refractivity contribution in [1.82, 2.24) is 0 Å². The molecule has 10 nitrogen and oxygen atoms in total. The van der Waals surface area contributed by atoms with Crippen molar-refractivity contribution in [3.63, 3.8) is 0 Å². The van der Waals surface area contributed by atoms with Crippen molar-refractivity contribution in [2.45, 2.75) is 48.7 Å². The third-order valence-corrected chi connectivity index (χ3v) is 7.23. The number of quaternary nitrogens is 1. The standard InChI is InChI=1S/C23H24ClNO7.C2HF3O2/c1-25(22-20(28)18(26)19(27)21(32-22)23(29)30)9-14-12-4-2-3-5-16(12)31-17-7-6-11(24)8-13(17)15(14)10-25;3-2(4,5)1(6)7/h2-8,14-15,18-22,26-28H,9-10H2,1H3;(H,6,7)/t14-,15-,18-,19-,20+,21-,22+,25?;/m0./s1/i1+1D3;. The number of halogens is 4. The van der Waals surface area contributed by atoms with Crippen LogP contribution in [0.15, 0.2) is 42.5 Å². The van der Waals surface area contributed by atoms with Crippen LogP contribution in [0.4, 0.5) is 13.2 Å². The minimum absolute atomic E-state index is 0.0651. The number of alkyl halides is 3. The van der Waals surface area contributed by atoms with Gasteiger partial charge >= 0.3 is 12.1 Å². The lowest BCUT2D eigenvalue weighted by molar-refractivity contribution is -0.952. The van der Waals surface area contributed by atoms with Crippen LogP contribution in [0.1, 0.15) is 27.1 Å². The van der Waals surface area contributed by atoms with E-state index in [1.54, 1.807) is 30.3 Å². The number of aliphatic hydroxyl groups excluding tert-OH is 3. The summed E-state index contributed by atoms with van der Waals surface area (Å²) in [6, 6.07) is 12.4. The van der Waals surface area contributed by atoms with Crippen LogP contribution in [0, 0.1) is 0 Å². The Morgan fingerprint density at radius 3 is 2.21 bits per heavy atom. The monoisotopic (exact) mass is 579 g/mol. The summed E-state index contributed by atoms with van der Waals surface area (Å²) in [7, 11) is 0. The minimum atomic E-state index is -5.19. The summed E-state index contributed by atoms with van der Waals surface area (Å²) in [4.78, 5) is 20.5. The van der Waals surface area contributed by atoms with Gasteiger partial charge in [0.2, 0.25) is 6.23 Å². The molecule has 4 N–H and O–H groups in total. The zero-order chi connectivity index (χ0) is 31.4. The molecular weight excluding hydrogens is 552 g/mol. The Bertz CT molecular complexity index is 1360. The molecule has 0 amide bonds.